The summed E-state index contributed by atoms with van der Waals surface area (Å²) >= 11 is 0. The van der Waals surface area contributed by atoms with Gasteiger partial charge in [0.05, 0.1) is 23.9 Å². The van der Waals surface area contributed by atoms with E-state index < -0.39 is 16.4 Å². The minimum absolute atomic E-state index is 0.0978. The molecule has 1 fully saturated rings. The van der Waals surface area contributed by atoms with E-state index in [0.717, 1.165) is 6.42 Å². The second kappa shape index (κ2) is 8.13. The number of carbonyl (C=O) groups is 1. The first kappa shape index (κ1) is 17.6. The predicted molar refractivity (Wildman–Crippen MR) is 80.9 cm³/mol. The summed E-state index contributed by atoms with van der Waals surface area (Å²) < 4.78 is 17.0. The minimum Gasteiger partial charge on any atom is -0.466 e. The number of rotatable bonds is 7. The van der Waals surface area contributed by atoms with Crippen molar-refractivity contribution in [2.75, 3.05) is 18.1 Å². The van der Waals surface area contributed by atoms with Crippen LogP contribution in [0.1, 0.15) is 52.9 Å². The highest BCUT2D eigenvalue weighted by Gasteiger charge is 2.37. The molecule has 20 heavy (non-hydrogen) atoms. The van der Waals surface area contributed by atoms with E-state index >= 15 is 0 Å². The fourth-order valence-corrected chi connectivity index (χ4v) is 4.30. The number of aliphatic hydroxyl groups is 1. The van der Waals surface area contributed by atoms with E-state index in [0.29, 0.717) is 49.7 Å². The molecule has 0 bridgehead atoms. The van der Waals surface area contributed by atoms with Gasteiger partial charge in [-0.05, 0) is 44.9 Å². The van der Waals surface area contributed by atoms with E-state index in [-0.39, 0.29) is 11.9 Å². The molecule has 0 amide bonds. The molecule has 0 aromatic carbocycles. The molecule has 1 unspecified atom stereocenters. The van der Waals surface area contributed by atoms with Crippen LogP contribution in [-0.2, 0) is 20.3 Å². The van der Waals surface area contributed by atoms with Crippen molar-refractivity contribution in [2.45, 2.75) is 58.5 Å². The SMILES string of the molecule is CCOC(=O)C1CCC(O)(CS(=O)CCC(C)C)CC1. The highest BCUT2D eigenvalue weighted by atomic mass is 32.2. The van der Waals surface area contributed by atoms with Gasteiger partial charge in [-0.15, -0.1) is 0 Å². The van der Waals surface area contributed by atoms with Gasteiger partial charge in [0, 0.05) is 16.6 Å². The Kier molecular flexibility index (Phi) is 7.17. The van der Waals surface area contributed by atoms with Crippen LogP contribution in [0.5, 0.6) is 0 Å². The van der Waals surface area contributed by atoms with Crippen molar-refractivity contribution in [1.29, 1.82) is 0 Å². The Morgan fingerprint density at radius 3 is 2.50 bits per heavy atom. The molecule has 0 saturated heterocycles. The van der Waals surface area contributed by atoms with Gasteiger partial charge in [-0.25, -0.2) is 0 Å². The summed E-state index contributed by atoms with van der Waals surface area (Å²) in [5, 5.41) is 10.5. The van der Waals surface area contributed by atoms with Crippen molar-refractivity contribution in [1.82, 2.24) is 0 Å². The summed E-state index contributed by atoms with van der Waals surface area (Å²) in [5.74, 6) is 1.28. The maximum absolute atomic E-state index is 12.0. The first-order chi connectivity index (χ1) is 9.36. The quantitative estimate of drug-likeness (QED) is 0.733. The number of ether oxygens (including phenoxy) is 1. The third kappa shape index (κ3) is 5.92. The summed E-state index contributed by atoms with van der Waals surface area (Å²) in [7, 11) is -0.969. The van der Waals surface area contributed by atoms with Gasteiger partial charge in [-0.1, -0.05) is 13.8 Å². The van der Waals surface area contributed by atoms with Crippen LogP contribution in [0.4, 0.5) is 0 Å². The lowest BCUT2D eigenvalue weighted by Crippen LogP contribution is -2.41. The molecule has 1 aliphatic carbocycles. The summed E-state index contributed by atoms with van der Waals surface area (Å²) in [6.45, 7) is 6.42. The third-order valence-electron chi connectivity index (χ3n) is 3.89. The zero-order chi connectivity index (χ0) is 15.2. The van der Waals surface area contributed by atoms with Crippen molar-refractivity contribution < 1.29 is 18.8 Å². The van der Waals surface area contributed by atoms with E-state index in [2.05, 4.69) is 13.8 Å². The second-order valence-corrected chi connectivity index (χ2v) is 7.80. The summed E-state index contributed by atoms with van der Waals surface area (Å²) in [5.41, 5.74) is -0.856. The molecule has 0 heterocycles. The average Bonchev–Trinajstić information content (AvgIpc) is 2.37. The molecular weight excluding hydrogens is 276 g/mol. The van der Waals surface area contributed by atoms with Gasteiger partial charge >= 0.3 is 5.97 Å². The monoisotopic (exact) mass is 304 g/mol. The van der Waals surface area contributed by atoms with E-state index in [1.165, 1.54) is 0 Å². The second-order valence-electron chi connectivity index (χ2n) is 6.22. The molecule has 0 aliphatic heterocycles. The number of hydrogen-bond donors (Lipinski definition) is 1. The normalized spacial score (nSPS) is 28.4. The lowest BCUT2D eigenvalue weighted by molar-refractivity contribution is -0.150. The first-order valence-corrected chi connectivity index (χ1v) is 9.09. The Morgan fingerprint density at radius 1 is 1.40 bits per heavy atom. The first-order valence-electron chi connectivity index (χ1n) is 7.60. The fourth-order valence-electron chi connectivity index (χ4n) is 2.53. The van der Waals surface area contributed by atoms with Crippen molar-refractivity contribution >= 4 is 16.8 Å². The molecule has 5 heteroatoms. The Labute approximate surface area is 124 Å². The standard InChI is InChI=1S/C15H28O4S/c1-4-19-14(16)13-5-8-15(17,9-6-13)11-20(18)10-7-12(2)3/h12-13,17H,4-11H2,1-3H3. The highest BCUT2D eigenvalue weighted by Crippen LogP contribution is 2.33. The number of hydrogen-bond acceptors (Lipinski definition) is 4. The van der Waals surface area contributed by atoms with Crippen LogP contribution >= 0.6 is 0 Å². The average molecular weight is 304 g/mol. The zero-order valence-corrected chi connectivity index (χ0v) is 13.7. The van der Waals surface area contributed by atoms with Gasteiger partial charge in [0.2, 0.25) is 0 Å². The summed E-state index contributed by atoms with van der Waals surface area (Å²) in [6.07, 6.45) is 3.29. The van der Waals surface area contributed by atoms with Gasteiger partial charge in [0.1, 0.15) is 0 Å². The molecule has 1 N–H and O–H groups in total. The van der Waals surface area contributed by atoms with Crippen LogP contribution < -0.4 is 0 Å². The van der Waals surface area contributed by atoms with Crippen LogP contribution in [0.2, 0.25) is 0 Å². The van der Waals surface area contributed by atoms with Gasteiger partial charge in [0.25, 0.3) is 0 Å². The van der Waals surface area contributed by atoms with Gasteiger partial charge < -0.3 is 9.84 Å². The van der Waals surface area contributed by atoms with Crippen LogP contribution in [0.25, 0.3) is 0 Å². The van der Waals surface area contributed by atoms with Crippen LogP contribution in [0, 0.1) is 11.8 Å². The zero-order valence-electron chi connectivity index (χ0n) is 12.9. The van der Waals surface area contributed by atoms with Gasteiger partial charge in [-0.2, -0.15) is 0 Å². The molecule has 4 nitrogen and oxygen atoms in total. The molecule has 0 aromatic rings. The molecule has 118 valence electrons. The van der Waals surface area contributed by atoms with Gasteiger partial charge in [-0.3, -0.25) is 9.00 Å². The maximum Gasteiger partial charge on any atom is 0.308 e. The fraction of sp³-hybridized carbons (Fsp3) is 0.933. The molecular formula is C15H28O4S. The summed E-state index contributed by atoms with van der Waals surface area (Å²) in [4.78, 5) is 11.6. The Bertz CT molecular complexity index is 333. The Morgan fingerprint density at radius 2 is 2.00 bits per heavy atom. The highest BCUT2D eigenvalue weighted by molar-refractivity contribution is 7.85. The summed E-state index contributed by atoms with van der Waals surface area (Å²) in [6, 6.07) is 0. The Balaban J connectivity index is 2.38. The third-order valence-corrected chi connectivity index (χ3v) is 5.44. The van der Waals surface area contributed by atoms with Crippen LogP contribution in [0.15, 0.2) is 0 Å². The van der Waals surface area contributed by atoms with Crippen LogP contribution in [-0.4, -0.2) is 39.0 Å². The molecule has 1 atom stereocenters. The number of esters is 1. The van der Waals surface area contributed by atoms with Gasteiger partial charge in [0.15, 0.2) is 0 Å². The van der Waals surface area contributed by atoms with E-state index in [1.807, 2.05) is 0 Å². The Hall–Kier alpha value is -0.420. The minimum atomic E-state index is -0.969. The lowest BCUT2D eigenvalue weighted by Gasteiger charge is -2.34. The van der Waals surface area contributed by atoms with E-state index in [4.69, 9.17) is 4.74 Å². The molecule has 1 aliphatic rings. The van der Waals surface area contributed by atoms with Crippen molar-refractivity contribution in [3.05, 3.63) is 0 Å². The molecule has 1 rings (SSSR count). The molecule has 0 radical (unpaired) electrons. The van der Waals surface area contributed by atoms with Crippen molar-refractivity contribution in [2.24, 2.45) is 11.8 Å². The van der Waals surface area contributed by atoms with E-state index in [9.17, 15) is 14.1 Å². The van der Waals surface area contributed by atoms with E-state index in [1.54, 1.807) is 6.92 Å². The maximum atomic E-state index is 12.0. The van der Waals surface area contributed by atoms with Crippen LogP contribution in [0.3, 0.4) is 0 Å². The van der Waals surface area contributed by atoms with Crippen molar-refractivity contribution in [3.63, 3.8) is 0 Å². The predicted octanol–water partition coefficient (Wildman–Crippen LogP) is 2.27. The lowest BCUT2D eigenvalue weighted by atomic mass is 9.80. The molecule has 0 spiro atoms. The topological polar surface area (TPSA) is 63.6 Å². The number of carbonyl (C=O) groups excluding carboxylic acids is 1. The molecule has 1 saturated carbocycles. The smallest absolute Gasteiger partial charge is 0.308 e. The largest absolute Gasteiger partial charge is 0.466 e. The van der Waals surface area contributed by atoms with Crippen molar-refractivity contribution in [3.8, 4) is 0 Å². The molecule has 0 aromatic heterocycles.